The third-order valence-corrected chi connectivity index (χ3v) is 3.33. The molecule has 0 spiro atoms. The van der Waals surface area contributed by atoms with Gasteiger partial charge in [-0.1, -0.05) is 34.8 Å². The first-order valence-electron chi connectivity index (χ1n) is 5.01. The van der Waals surface area contributed by atoms with E-state index in [0.717, 1.165) is 5.56 Å². The second kappa shape index (κ2) is 4.43. The van der Waals surface area contributed by atoms with Crippen molar-refractivity contribution >= 4 is 46.0 Å². The molecule has 90 valence electrons. The molecular weight excluding hydrogens is 295 g/mol. The van der Waals surface area contributed by atoms with Gasteiger partial charge < -0.3 is 4.42 Å². The van der Waals surface area contributed by atoms with Crippen LogP contribution in [0.1, 0.15) is 0 Å². The van der Waals surface area contributed by atoms with Crippen LogP contribution in [0.4, 0.5) is 0 Å². The van der Waals surface area contributed by atoms with Crippen molar-refractivity contribution in [1.82, 2.24) is 9.97 Å². The molecule has 0 N–H and O–H groups in total. The summed E-state index contributed by atoms with van der Waals surface area (Å²) in [5.41, 5.74) is 1.77. The fraction of sp³-hybridized carbons (Fsp3) is 0. The quantitative estimate of drug-likeness (QED) is 0.644. The summed E-state index contributed by atoms with van der Waals surface area (Å²) >= 11 is 17.6. The van der Waals surface area contributed by atoms with Crippen molar-refractivity contribution in [2.24, 2.45) is 0 Å². The van der Waals surface area contributed by atoms with Crippen LogP contribution in [0.25, 0.3) is 22.7 Å². The zero-order chi connectivity index (χ0) is 12.7. The van der Waals surface area contributed by atoms with E-state index in [1.54, 1.807) is 24.3 Å². The zero-order valence-corrected chi connectivity index (χ0v) is 11.1. The van der Waals surface area contributed by atoms with E-state index in [9.17, 15) is 0 Å². The van der Waals surface area contributed by atoms with Gasteiger partial charge in [0.05, 0.1) is 15.1 Å². The number of pyridine rings is 1. The highest BCUT2D eigenvalue weighted by Gasteiger charge is 2.10. The molecule has 0 aliphatic heterocycles. The van der Waals surface area contributed by atoms with E-state index in [0.29, 0.717) is 32.2 Å². The van der Waals surface area contributed by atoms with Crippen molar-refractivity contribution in [2.45, 2.75) is 0 Å². The average molecular weight is 300 g/mol. The summed E-state index contributed by atoms with van der Waals surface area (Å²) in [5.74, 6) is 0.429. The second-order valence-electron chi connectivity index (χ2n) is 3.63. The SMILES string of the molecule is Clc1cnc2oc(-c3ccc(Cl)c(Cl)c3)nc2c1. The maximum Gasteiger partial charge on any atom is 0.247 e. The lowest BCUT2D eigenvalue weighted by molar-refractivity contribution is 0.608. The minimum absolute atomic E-state index is 0.429. The average Bonchev–Trinajstić information content (AvgIpc) is 2.75. The first-order chi connectivity index (χ1) is 8.63. The van der Waals surface area contributed by atoms with E-state index < -0.39 is 0 Å². The van der Waals surface area contributed by atoms with Crippen LogP contribution in [-0.4, -0.2) is 9.97 Å². The van der Waals surface area contributed by atoms with E-state index >= 15 is 0 Å². The number of fused-ring (bicyclic) bond motifs is 1. The van der Waals surface area contributed by atoms with Crippen molar-refractivity contribution in [3.05, 3.63) is 45.5 Å². The Morgan fingerprint density at radius 3 is 2.61 bits per heavy atom. The highest BCUT2D eigenvalue weighted by Crippen LogP contribution is 2.29. The van der Waals surface area contributed by atoms with Crippen LogP contribution in [0.3, 0.4) is 0 Å². The number of hydrogen-bond donors (Lipinski definition) is 0. The molecule has 0 fully saturated rings. The summed E-state index contributed by atoms with van der Waals surface area (Å²) in [5, 5.41) is 1.44. The van der Waals surface area contributed by atoms with Crippen molar-refractivity contribution in [3.8, 4) is 11.5 Å². The molecule has 2 heterocycles. The molecule has 3 nitrogen and oxygen atoms in total. The minimum atomic E-state index is 0.429. The molecule has 0 atom stereocenters. The first-order valence-corrected chi connectivity index (χ1v) is 6.14. The maximum atomic E-state index is 5.95. The Bertz CT molecular complexity index is 739. The van der Waals surface area contributed by atoms with Crippen LogP contribution < -0.4 is 0 Å². The molecule has 3 rings (SSSR count). The topological polar surface area (TPSA) is 38.9 Å². The van der Waals surface area contributed by atoms with E-state index in [2.05, 4.69) is 9.97 Å². The third-order valence-electron chi connectivity index (χ3n) is 2.38. The largest absolute Gasteiger partial charge is 0.418 e. The van der Waals surface area contributed by atoms with Gasteiger partial charge in [0.15, 0.2) is 0 Å². The van der Waals surface area contributed by atoms with Crippen LogP contribution in [0.15, 0.2) is 34.9 Å². The molecular formula is C12H5Cl3N2O. The molecule has 0 aliphatic carbocycles. The Morgan fingerprint density at radius 1 is 1.00 bits per heavy atom. The summed E-state index contributed by atoms with van der Waals surface area (Å²) in [6.45, 7) is 0. The second-order valence-corrected chi connectivity index (χ2v) is 4.88. The van der Waals surface area contributed by atoms with Gasteiger partial charge in [0.1, 0.15) is 5.52 Å². The van der Waals surface area contributed by atoms with Crippen molar-refractivity contribution in [3.63, 3.8) is 0 Å². The van der Waals surface area contributed by atoms with Crippen LogP contribution in [0, 0.1) is 0 Å². The molecule has 3 aromatic rings. The predicted molar refractivity (Wildman–Crippen MR) is 72.3 cm³/mol. The normalized spacial score (nSPS) is 11.1. The van der Waals surface area contributed by atoms with Gasteiger partial charge in [-0.15, -0.1) is 0 Å². The number of hydrogen-bond acceptors (Lipinski definition) is 3. The summed E-state index contributed by atoms with van der Waals surface area (Å²) in [7, 11) is 0. The van der Waals surface area contributed by atoms with Gasteiger partial charge in [0, 0.05) is 11.8 Å². The molecule has 0 saturated heterocycles. The summed E-state index contributed by atoms with van der Waals surface area (Å²) in [6, 6.07) is 6.85. The van der Waals surface area contributed by atoms with Crippen molar-refractivity contribution < 1.29 is 4.42 Å². The van der Waals surface area contributed by atoms with Gasteiger partial charge in [0.25, 0.3) is 0 Å². The summed E-state index contributed by atoms with van der Waals surface area (Å²) in [6.07, 6.45) is 1.51. The lowest BCUT2D eigenvalue weighted by atomic mass is 10.2. The number of rotatable bonds is 1. The van der Waals surface area contributed by atoms with Crippen molar-refractivity contribution in [2.75, 3.05) is 0 Å². The van der Waals surface area contributed by atoms with E-state index in [1.165, 1.54) is 6.20 Å². The molecule has 1 aromatic carbocycles. The molecule has 0 unspecified atom stereocenters. The van der Waals surface area contributed by atoms with Crippen LogP contribution in [0.5, 0.6) is 0 Å². The van der Waals surface area contributed by atoms with Crippen LogP contribution in [-0.2, 0) is 0 Å². The standard InChI is InChI=1S/C12H5Cl3N2O/c13-7-4-10-12(16-5-7)18-11(17-10)6-1-2-8(14)9(15)3-6/h1-5H. The van der Waals surface area contributed by atoms with Gasteiger partial charge in [-0.3, -0.25) is 0 Å². The molecule has 0 saturated carbocycles. The van der Waals surface area contributed by atoms with E-state index in [-0.39, 0.29) is 0 Å². The molecule has 0 radical (unpaired) electrons. The van der Waals surface area contributed by atoms with Gasteiger partial charge >= 0.3 is 0 Å². The van der Waals surface area contributed by atoms with Gasteiger partial charge in [-0.05, 0) is 24.3 Å². The Balaban J connectivity index is 2.16. The fourth-order valence-corrected chi connectivity index (χ4v) is 2.00. The lowest BCUT2D eigenvalue weighted by Crippen LogP contribution is -1.77. The number of oxazole rings is 1. The van der Waals surface area contributed by atoms with Gasteiger partial charge in [-0.25, -0.2) is 9.97 Å². The van der Waals surface area contributed by atoms with E-state index in [4.69, 9.17) is 39.2 Å². The molecule has 0 bridgehead atoms. The monoisotopic (exact) mass is 298 g/mol. The lowest BCUT2D eigenvalue weighted by Gasteiger charge is -1.97. The number of aromatic nitrogens is 2. The third kappa shape index (κ3) is 2.05. The molecule has 2 aromatic heterocycles. The Kier molecular flexibility index (Phi) is 2.90. The molecule has 0 amide bonds. The summed E-state index contributed by atoms with van der Waals surface area (Å²) in [4.78, 5) is 8.35. The highest BCUT2D eigenvalue weighted by atomic mass is 35.5. The van der Waals surface area contributed by atoms with E-state index in [1.807, 2.05) is 0 Å². The zero-order valence-electron chi connectivity index (χ0n) is 8.82. The molecule has 18 heavy (non-hydrogen) atoms. The van der Waals surface area contributed by atoms with Gasteiger partial charge in [0.2, 0.25) is 11.6 Å². The predicted octanol–water partition coefficient (Wildman–Crippen LogP) is 4.85. The Morgan fingerprint density at radius 2 is 1.83 bits per heavy atom. The Labute approximate surface area is 117 Å². The number of halogens is 3. The maximum absolute atomic E-state index is 5.95. The van der Waals surface area contributed by atoms with Crippen molar-refractivity contribution in [1.29, 1.82) is 0 Å². The minimum Gasteiger partial charge on any atom is -0.418 e. The highest BCUT2D eigenvalue weighted by molar-refractivity contribution is 6.42. The van der Waals surface area contributed by atoms with Crippen LogP contribution >= 0.6 is 34.8 Å². The smallest absolute Gasteiger partial charge is 0.247 e. The molecule has 0 aliphatic rings. The summed E-state index contributed by atoms with van der Waals surface area (Å²) < 4.78 is 5.52. The fourth-order valence-electron chi connectivity index (χ4n) is 1.55. The number of benzene rings is 1. The van der Waals surface area contributed by atoms with Crippen LogP contribution in [0.2, 0.25) is 15.1 Å². The first kappa shape index (κ1) is 11.8. The molecule has 6 heteroatoms. The number of nitrogens with zero attached hydrogens (tertiary/aromatic N) is 2. The van der Waals surface area contributed by atoms with Gasteiger partial charge in [-0.2, -0.15) is 0 Å². The Hall–Kier alpha value is -1.29.